The van der Waals surface area contributed by atoms with E-state index in [9.17, 15) is 9.90 Å². The van der Waals surface area contributed by atoms with Crippen LogP contribution in [0, 0.1) is 0 Å². The van der Waals surface area contributed by atoms with Crippen molar-refractivity contribution in [2.24, 2.45) is 0 Å². The van der Waals surface area contributed by atoms with Crippen molar-refractivity contribution in [3.63, 3.8) is 0 Å². The number of rotatable bonds is 4. The van der Waals surface area contributed by atoms with E-state index in [0.717, 1.165) is 0 Å². The van der Waals surface area contributed by atoms with Gasteiger partial charge in [-0.25, -0.2) is 4.79 Å². The van der Waals surface area contributed by atoms with E-state index >= 15 is 0 Å². The number of carbonyl (C=O) groups excluding carboxylic acids is 1. The van der Waals surface area contributed by atoms with Crippen LogP contribution in [0.15, 0.2) is 18.2 Å². The van der Waals surface area contributed by atoms with Gasteiger partial charge in [-0.05, 0) is 25.1 Å². The number of aliphatic hydroxyl groups is 1. The van der Waals surface area contributed by atoms with E-state index in [1.807, 2.05) is 0 Å². The first-order valence-corrected chi connectivity index (χ1v) is 5.32. The molecule has 0 heterocycles. The number of ether oxygens (including phenoxy) is 1. The van der Waals surface area contributed by atoms with E-state index in [1.54, 1.807) is 37.1 Å². The fraction of sp³-hybridized carbons (Fsp3) is 0.417. The molecule has 0 saturated heterocycles. The smallest absolute Gasteiger partial charge is 0.337 e. The molecule has 17 heavy (non-hydrogen) atoms. The van der Waals surface area contributed by atoms with Crippen LogP contribution in [0.3, 0.4) is 0 Å². The lowest BCUT2D eigenvalue weighted by Gasteiger charge is -2.22. The molecule has 0 bridgehead atoms. The summed E-state index contributed by atoms with van der Waals surface area (Å²) >= 11 is 0. The monoisotopic (exact) mass is 238 g/mol. The zero-order valence-corrected chi connectivity index (χ0v) is 10.3. The first-order valence-electron chi connectivity index (χ1n) is 5.32. The molecular formula is C12H18N2O3. The van der Waals surface area contributed by atoms with Crippen molar-refractivity contribution in [3.8, 4) is 0 Å². The first kappa shape index (κ1) is 13.3. The summed E-state index contributed by atoms with van der Waals surface area (Å²) in [6.45, 7) is 2.13. The van der Waals surface area contributed by atoms with E-state index in [1.165, 1.54) is 7.11 Å². The topological polar surface area (TPSA) is 75.8 Å². The number of nitrogens with two attached hydrogens (primary N) is 1. The second-order valence-corrected chi connectivity index (χ2v) is 3.99. The molecule has 94 valence electrons. The maximum absolute atomic E-state index is 11.4. The molecule has 0 aliphatic heterocycles. The van der Waals surface area contributed by atoms with Gasteiger partial charge in [-0.15, -0.1) is 0 Å². The molecule has 0 amide bonds. The number of benzene rings is 1. The van der Waals surface area contributed by atoms with Crippen molar-refractivity contribution in [2.75, 3.05) is 31.3 Å². The fourth-order valence-corrected chi connectivity index (χ4v) is 1.61. The molecule has 0 fully saturated rings. The molecule has 0 spiro atoms. The molecule has 0 aliphatic carbocycles. The SMILES string of the molecule is COC(=O)c1ccc(N)c(N(C)CC(C)O)c1. The fourth-order valence-electron chi connectivity index (χ4n) is 1.61. The number of esters is 1. The molecule has 1 atom stereocenters. The summed E-state index contributed by atoms with van der Waals surface area (Å²) in [5.41, 5.74) is 7.53. The lowest BCUT2D eigenvalue weighted by Crippen LogP contribution is -2.27. The van der Waals surface area contributed by atoms with Crippen LogP contribution in [0.5, 0.6) is 0 Å². The van der Waals surface area contributed by atoms with Crippen LogP contribution in [0.4, 0.5) is 11.4 Å². The third-order valence-corrected chi connectivity index (χ3v) is 2.40. The lowest BCUT2D eigenvalue weighted by molar-refractivity contribution is 0.0601. The number of nitrogens with zero attached hydrogens (tertiary/aromatic N) is 1. The van der Waals surface area contributed by atoms with Gasteiger partial charge < -0.3 is 20.5 Å². The third kappa shape index (κ3) is 3.35. The molecule has 0 aliphatic rings. The van der Waals surface area contributed by atoms with Crippen LogP contribution in [-0.4, -0.2) is 37.9 Å². The predicted molar refractivity (Wildman–Crippen MR) is 67.1 cm³/mol. The highest BCUT2D eigenvalue weighted by atomic mass is 16.5. The Morgan fingerprint density at radius 1 is 1.59 bits per heavy atom. The van der Waals surface area contributed by atoms with E-state index in [2.05, 4.69) is 4.74 Å². The van der Waals surface area contributed by atoms with Crippen LogP contribution < -0.4 is 10.6 Å². The number of anilines is 2. The molecule has 3 N–H and O–H groups in total. The van der Waals surface area contributed by atoms with Gasteiger partial charge >= 0.3 is 5.97 Å². The van der Waals surface area contributed by atoms with Crippen molar-refractivity contribution < 1.29 is 14.6 Å². The number of aliphatic hydroxyl groups excluding tert-OH is 1. The molecule has 1 aromatic rings. The normalized spacial score (nSPS) is 12.0. The Kier molecular flexibility index (Phi) is 4.34. The summed E-state index contributed by atoms with van der Waals surface area (Å²) in [7, 11) is 3.14. The first-order chi connectivity index (χ1) is 7.95. The Morgan fingerprint density at radius 2 is 2.24 bits per heavy atom. The lowest BCUT2D eigenvalue weighted by atomic mass is 10.1. The molecule has 1 aromatic carbocycles. The number of hydrogen-bond donors (Lipinski definition) is 2. The van der Waals surface area contributed by atoms with E-state index in [4.69, 9.17) is 5.73 Å². The maximum Gasteiger partial charge on any atom is 0.337 e. The van der Waals surface area contributed by atoms with Crippen molar-refractivity contribution in [3.05, 3.63) is 23.8 Å². The van der Waals surface area contributed by atoms with Gasteiger partial charge in [0.05, 0.1) is 30.2 Å². The van der Waals surface area contributed by atoms with Gasteiger partial charge in [0.25, 0.3) is 0 Å². The number of nitrogen functional groups attached to an aromatic ring is 1. The number of carbonyl (C=O) groups is 1. The predicted octanol–water partition coefficient (Wildman–Crippen LogP) is 0.872. The average molecular weight is 238 g/mol. The molecular weight excluding hydrogens is 220 g/mol. The van der Waals surface area contributed by atoms with Crippen molar-refractivity contribution in [1.29, 1.82) is 0 Å². The molecule has 1 unspecified atom stereocenters. The minimum absolute atomic E-state index is 0.406. The average Bonchev–Trinajstić information content (AvgIpc) is 2.27. The summed E-state index contributed by atoms with van der Waals surface area (Å²) in [6, 6.07) is 4.92. The summed E-state index contributed by atoms with van der Waals surface area (Å²) in [5.74, 6) is -0.406. The number of likely N-dealkylation sites (N-methyl/N-ethyl adjacent to an activating group) is 1. The summed E-state index contributed by atoms with van der Waals surface area (Å²) in [6.07, 6.45) is -0.471. The zero-order chi connectivity index (χ0) is 13.0. The van der Waals surface area contributed by atoms with Crippen LogP contribution in [0.1, 0.15) is 17.3 Å². The second kappa shape index (κ2) is 5.54. The molecule has 0 aromatic heterocycles. The van der Waals surface area contributed by atoms with Gasteiger partial charge in [0.1, 0.15) is 0 Å². The minimum atomic E-state index is -0.471. The van der Waals surface area contributed by atoms with Crippen molar-refractivity contribution in [1.82, 2.24) is 0 Å². The van der Waals surface area contributed by atoms with Gasteiger partial charge in [0.2, 0.25) is 0 Å². The maximum atomic E-state index is 11.4. The van der Waals surface area contributed by atoms with Crippen LogP contribution in [0.2, 0.25) is 0 Å². The minimum Gasteiger partial charge on any atom is -0.465 e. The van der Waals surface area contributed by atoms with Gasteiger partial charge in [-0.1, -0.05) is 0 Å². The summed E-state index contributed by atoms with van der Waals surface area (Å²) in [4.78, 5) is 13.2. The molecule has 0 radical (unpaired) electrons. The number of methoxy groups -OCH3 is 1. The molecule has 0 saturated carbocycles. The Labute approximate surface area is 101 Å². The summed E-state index contributed by atoms with van der Waals surface area (Å²) in [5, 5.41) is 9.33. The quantitative estimate of drug-likeness (QED) is 0.601. The van der Waals surface area contributed by atoms with Gasteiger partial charge in [0.15, 0.2) is 0 Å². The molecule has 5 nitrogen and oxygen atoms in total. The van der Waals surface area contributed by atoms with Gasteiger partial charge in [-0.2, -0.15) is 0 Å². The van der Waals surface area contributed by atoms with E-state index in [0.29, 0.717) is 23.5 Å². The van der Waals surface area contributed by atoms with Crippen molar-refractivity contribution in [2.45, 2.75) is 13.0 Å². The van der Waals surface area contributed by atoms with E-state index < -0.39 is 12.1 Å². The highest BCUT2D eigenvalue weighted by Crippen LogP contribution is 2.24. The van der Waals surface area contributed by atoms with Crippen LogP contribution in [0.25, 0.3) is 0 Å². The highest BCUT2D eigenvalue weighted by Gasteiger charge is 2.12. The van der Waals surface area contributed by atoms with Crippen molar-refractivity contribution >= 4 is 17.3 Å². The Hall–Kier alpha value is -1.75. The van der Waals surface area contributed by atoms with Crippen LogP contribution >= 0.6 is 0 Å². The van der Waals surface area contributed by atoms with Gasteiger partial charge in [-0.3, -0.25) is 0 Å². The standard InChI is InChI=1S/C12H18N2O3/c1-8(15)7-14(2)11-6-9(12(16)17-3)4-5-10(11)13/h4-6,8,15H,7,13H2,1-3H3. The van der Waals surface area contributed by atoms with E-state index in [-0.39, 0.29) is 0 Å². The zero-order valence-electron chi connectivity index (χ0n) is 10.3. The number of hydrogen-bond acceptors (Lipinski definition) is 5. The highest BCUT2D eigenvalue weighted by molar-refractivity contribution is 5.92. The third-order valence-electron chi connectivity index (χ3n) is 2.40. The second-order valence-electron chi connectivity index (χ2n) is 3.99. The Morgan fingerprint density at radius 3 is 2.76 bits per heavy atom. The van der Waals surface area contributed by atoms with Crippen LogP contribution in [-0.2, 0) is 4.74 Å². The Bertz CT molecular complexity index is 405. The Balaban J connectivity index is 3.01. The molecule has 5 heteroatoms. The van der Waals surface area contributed by atoms with Gasteiger partial charge in [0, 0.05) is 13.6 Å². The molecule has 1 rings (SSSR count). The summed E-state index contributed by atoms with van der Waals surface area (Å²) < 4.78 is 4.64. The largest absolute Gasteiger partial charge is 0.465 e.